The summed E-state index contributed by atoms with van der Waals surface area (Å²) in [4.78, 5) is 0. The van der Waals surface area contributed by atoms with E-state index in [9.17, 15) is 8.78 Å². The van der Waals surface area contributed by atoms with Crippen molar-refractivity contribution in [3.63, 3.8) is 0 Å². The molecule has 3 aromatic carbocycles. The number of benzene rings is 3. The van der Waals surface area contributed by atoms with Crippen LogP contribution in [0.4, 0.5) is 8.78 Å². The molecule has 2 heteroatoms. The zero-order valence-corrected chi connectivity index (χ0v) is 19.2. The molecule has 0 heterocycles. The first kappa shape index (κ1) is 22.7. The van der Waals surface area contributed by atoms with E-state index in [-0.39, 0.29) is 0 Å². The lowest BCUT2D eigenvalue weighted by Crippen LogP contribution is -2.13. The smallest absolute Gasteiger partial charge is 0.166 e. The van der Waals surface area contributed by atoms with Gasteiger partial charge in [-0.15, -0.1) is 6.58 Å². The quantitative estimate of drug-likeness (QED) is 0.312. The van der Waals surface area contributed by atoms with Gasteiger partial charge in [0.25, 0.3) is 0 Å². The second kappa shape index (κ2) is 10.4. The van der Waals surface area contributed by atoms with Crippen LogP contribution in [-0.2, 0) is 19.3 Å². The summed E-state index contributed by atoms with van der Waals surface area (Å²) in [6.07, 6.45) is 11.9. The second-order valence-electron chi connectivity index (χ2n) is 9.40. The molecule has 0 atom stereocenters. The van der Waals surface area contributed by atoms with Gasteiger partial charge in [0.1, 0.15) is 0 Å². The maximum absolute atomic E-state index is 14.5. The van der Waals surface area contributed by atoms with Gasteiger partial charge in [-0.3, -0.25) is 0 Å². The molecule has 0 nitrogen and oxygen atoms in total. The average molecular weight is 433 g/mol. The van der Waals surface area contributed by atoms with Crippen LogP contribution in [0.1, 0.15) is 73.6 Å². The number of hydrogen-bond acceptors (Lipinski definition) is 0. The zero-order chi connectivity index (χ0) is 22.5. The SMILES string of the molecule is C=CCCC1CCC(c2ccc(CCc3ccc4cc(CC)c(F)c(F)c4c3)cc2)CC1. The van der Waals surface area contributed by atoms with E-state index in [4.69, 9.17) is 0 Å². The van der Waals surface area contributed by atoms with Crippen LogP contribution in [0.25, 0.3) is 10.8 Å². The van der Waals surface area contributed by atoms with Crippen molar-refractivity contribution in [2.24, 2.45) is 5.92 Å². The normalized spacial score (nSPS) is 18.7. The number of halogens is 2. The first-order valence-electron chi connectivity index (χ1n) is 12.2. The van der Waals surface area contributed by atoms with Crippen molar-refractivity contribution in [2.45, 2.75) is 70.6 Å². The monoisotopic (exact) mass is 432 g/mol. The third-order valence-corrected chi connectivity index (χ3v) is 7.32. The van der Waals surface area contributed by atoms with Crippen LogP contribution < -0.4 is 0 Å². The van der Waals surface area contributed by atoms with E-state index in [0.717, 1.165) is 36.1 Å². The molecule has 1 aliphatic carbocycles. The molecule has 3 aromatic rings. The minimum Gasteiger partial charge on any atom is -0.203 e. The van der Waals surface area contributed by atoms with Gasteiger partial charge in [0, 0.05) is 5.39 Å². The van der Waals surface area contributed by atoms with Crippen molar-refractivity contribution in [1.82, 2.24) is 0 Å². The van der Waals surface area contributed by atoms with Crippen molar-refractivity contribution in [1.29, 1.82) is 0 Å². The van der Waals surface area contributed by atoms with Gasteiger partial charge in [0.15, 0.2) is 11.6 Å². The Balaban J connectivity index is 1.37. The summed E-state index contributed by atoms with van der Waals surface area (Å²) >= 11 is 0. The average Bonchev–Trinajstić information content (AvgIpc) is 2.84. The number of allylic oxidation sites excluding steroid dienone is 1. The van der Waals surface area contributed by atoms with Gasteiger partial charge in [0.05, 0.1) is 0 Å². The van der Waals surface area contributed by atoms with E-state index in [2.05, 4.69) is 30.8 Å². The topological polar surface area (TPSA) is 0 Å². The molecule has 0 aromatic heterocycles. The molecule has 1 fully saturated rings. The lowest BCUT2D eigenvalue weighted by Gasteiger charge is -2.28. The number of fused-ring (bicyclic) bond motifs is 1. The van der Waals surface area contributed by atoms with Gasteiger partial charge >= 0.3 is 0 Å². The Kier molecular flexibility index (Phi) is 7.40. The third-order valence-electron chi connectivity index (χ3n) is 7.32. The minimum absolute atomic E-state index is 0.385. The molecule has 0 spiro atoms. The number of aryl methyl sites for hydroxylation is 3. The van der Waals surface area contributed by atoms with Crippen molar-refractivity contribution in [2.75, 3.05) is 0 Å². The van der Waals surface area contributed by atoms with Crippen LogP contribution in [0.2, 0.25) is 0 Å². The third kappa shape index (κ3) is 5.11. The molecule has 0 bridgehead atoms. The Morgan fingerprint density at radius 2 is 1.56 bits per heavy atom. The molecule has 32 heavy (non-hydrogen) atoms. The predicted octanol–water partition coefficient (Wildman–Crippen LogP) is 8.71. The standard InChI is InChI=1S/C30H34F2/c1-3-5-6-21-9-14-25(15-10-21)26-16-11-22(12-17-26)7-8-23-13-18-27-20-24(4-2)29(31)30(32)28(27)19-23/h3,11-13,16-21,25H,1,4-10,14-15H2,2H3. The van der Waals surface area contributed by atoms with Crippen LogP contribution in [0.3, 0.4) is 0 Å². The van der Waals surface area contributed by atoms with Crippen molar-refractivity contribution in [3.05, 3.63) is 95.1 Å². The molecule has 1 aliphatic rings. The van der Waals surface area contributed by atoms with Gasteiger partial charge in [-0.05, 0) is 109 Å². The van der Waals surface area contributed by atoms with Crippen LogP contribution in [0, 0.1) is 17.6 Å². The van der Waals surface area contributed by atoms with Crippen LogP contribution in [0.15, 0.2) is 61.2 Å². The molecule has 0 amide bonds. The van der Waals surface area contributed by atoms with E-state index < -0.39 is 11.6 Å². The fourth-order valence-electron chi connectivity index (χ4n) is 5.23. The molecule has 0 aliphatic heterocycles. The maximum atomic E-state index is 14.5. The Morgan fingerprint density at radius 3 is 2.25 bits per heavy atom. The predicted molar refractivity (Wildman–Crippen MR) is 131 cm³/mol. The summed E-state index contributed by atoms with van der Waals surface area (Å²) in [5.41, 5.74) is 4.24. The first-order chi connectivity index (χ1) is 15.6. The molecule has 1 saturated carbocycles. The van der Waals surface area contributed by atoms with Gasteiger partial charge < -0.3 is 0 Å². The largest absolute Gasteiger partial charge is 0.203 e. The Bertz CT molecular complexity index is 1060. The fraction of sp³-hybridized carbons (Fsp3) is 0.400. The molecular formula is C30H34F2. The zero-order valence-electron chi connectivity index (χ0n) is 19.2. The van der Waals surface area contributed by atoms with Gasteiger partial charge in [-0.1, -0.05) is 49.4 Å². The first-order valence-corrected chi connectivity index (χ1v) is 12.2. The van der Waals surface area contributed by atoms with Crippen molar-refractivity contribution in [3.8, 4) is 0 Å². The molecular weight excluding hydrogens is 398 g/mol. The van der Waals surface area contributed by atoms with Crippen molar-refractivity contribution >= 4 is 10.8 Å². The molecule has 0 unspecified atom stereocenters. The number of hydrogen-bond donors (Lipinski definition) is 0. The van der Waals surface area contributed by atoms with Gasteiger partial charge in [-0.25, -0.2) is 8.78 Å². The van der Waals surface area contributed by atoms with Crippen molar-refractivity contribution < 1.29 is 8.78 Å². The molecule has 0 saturated heterocycles. The highest BCUT2D eigenvalue weighted by molar-refractivity contribution is 5.84. The Morgan fingerprint density at radius 1 is 0.875 bits per heavy atom. The summed E-state index contributed by atoms with van der Waals surface area (Å²) in [5, 5.41) is 1.16. The van der Waals surface area contributed by atoms with E-state index in [0.29, 0.717) is 23.3 Å². The van der Waals surface area contributed by atoms with Crippen LogP contribution in [-0.4, -0.2) is 0 Å². The fourth-order valence-corrected chi connectivity index (χ4v) is 5.23. The highest BCUT2D eigenvalue weighted by Gasteiger charge is 2.21. The Hall–Kier alpha value is -2.48. The second-order valence-corrected chi connectivity index (χ2v) is 9.40. The van der Waals surface area contributed by atoms with E-state index in [1.165, 1.54) is 43.2 Å². The van der Waals surface area contributed by atoms with Gasteiger partial charge in [-0.2, -0.15) is 0 Å². The summed E-state index contributed by atoms with van der Waals surface area (Å²) in [5.74, 6) is 0.139. The maximum Gasteiger partial charge on any atom is 0.166 e. The van der Waals surface area contributed by atoms with E-state index in [1.54, 1.807) is 6.07 Å². The summed E-state index contributed by atoms with van der Waals surface area (Å²) in [7, 11) is 0. The Labute approximate surface area is 191 Å². The van der Waals surface area contributed by atoms with E-state index in [1.807, 2.05) is 31.2 Å². The van der Waals surface area contributed by atoms with E-state index >= 15 is 0 Å². The lowest BCUT2D eigenvalue weighted by atomic mass is 9.77. The summed E-state index contributed by atoms with van der Waals surface area (Å²) < 4.78 is 28.7. The molecule has 0 radical (unpaired) electrons. The van der Waals surface area contributed by atoms with Crippen LogP contribution in [0.5, 0.6) is 0 Å². The number of rotatable bonds is 8. The lowest BCUT2D eigenvalue weighted by molar-refractivity contribution is 0.312. The minimum atomic E-state index is -0.718. The summed E-state index contributed by atoms with van der Waals surface area (Å²) in [6.45, 7) is 5.69. The highest BCUT2D eigenvalue weighted by atomic mass is 19.2. The van der Waals surface area contributed by atoms with Crippen LogP contribution >= 0.6 is 0 Å². The molecule has 0 N–H and O–H groups in total. The summed E-state index contributed by atoms with van der Waals surface area (Å²) in [6, 6.07) is 16.6. The highest BCUT2D eigenvalue weighted by Crippen LogP contribution is 2.37. The molecule has 168 valence electrons. The molecule has 4 rings (SSSR count). The van der Waals surface area contributed by atoms with Gasteiger partial charge in [0.2, 0.25) is 0 Å².